The molecular weight excluding hydrogens is 322 g/mol. The molecule has 1 aliphatic heterocycles. The third-order valence-electron chi connectivity index (χ3n) is 3.93. The monoisotopic (exact) mass is 349 g/mol. The molecular formula is C18H27N3O4. The van der Waals surface area contributed by atoms with E-state index >= 15 is 0 Å². The van der Waals surface area contributed by atoms with E-state index in [0.29, 0.717) is 30.3 Å². The maximum absolute atomic E-state index is 12.5. The van der Waals surface area contributed by atoms with Gasteiger partial charge in [-0.2, -0.15) is 0 Å². The van der Waals surface area contributed by atoms with Gasteiger partial charge in [0.15, 0.2) is 0 Å². The molecule has 0 bridgehead atoms. The van der Waals surface area contributed by atoms with Crippen LogP contribution >= 0.6 is 0 Å². The molecule has 0 aromatic heterocycles. The lowest BCUT2D eigenvalue weighted by Crippen LogP contribution is -2.48. The fourth-order valence-electron chi connectivity index (χ4n) is 2.84. The number of ether oxygens (including phenoxy) is 2. The smallest absolute Gasteiger partial charge is 0.411 e. The lowest BCUT2D eigenvalue weighted by molar-refractivity contribution is -0.0295. The van der Waals surface area contributed by atoms with Crippen molar-refractivity contribution in [2.75, 3.05) is 45.2 Å². The normalized spacial score (nSPS) is 18.0. The molecule has 0 aliphatic carbocycles. The summed E-state index contributed by atoms with van der Waals surface area (Å²) in [6, 6.07) is 6.82. The average molecular weight is 349 g/mol. The Balaban J connectivity index is 1.91. The number of amides is 2. The summed E-state index contributed by atoms with van der Waals surface area (Å²) >= 11 is 0. The molecule has 1 saturated heterocycles. The molecule has 0 saturated carbocycles. The van der Waals surface area contributed by atoms with Crippen LogP contribution in [0.1, 0.15) is 24.2 Å². The van der Waals surface area contributed by atoms with Gasteiger partial charge in [-0.25, -0.2) is 4.79 Å². The molecule has 1 fully saturated rings. The first-order chi connectivity index (χ1) is 12.0. The minimum atomic E-state index is -0.611. The number of hydrogen-bond acceptors (Lipinski definition) is 5. The SMILES string of the molecule is COC(=O)Nc1ccccc1C(=O)NC[C@@H]1CN(CC(C)C)CCO1. The third-order valence-corrected chi connectivity index (χ3v) is 3.93. The van der Waals surface area contributed by atoms with Gasteiger partial charge in [0.2, 0.25) is 0 Å². The van der Waals surface area contributed by atoms with Gasteiger partial charge in [-0.05, 0) is 18.1 Å². The minimum Gasteiger partial charge on any atom is -0.453 e. The quantitative estimate of drug-likeness (QED) is 0.821. The van der Waals surface area contributed by atoms with E-state index < -0.39 is 6.09 Å². The summed E-state index contributed by atoms with van der Waals surface area (Å²) in [6.07, 6.45) is -0.641. The van der Waals surface area contributed by atoms with E-state index in [9.17, 15) is 9.59 Å². The van der Waals surface area contributed by atoms with Crippen molar-refractivity contribution < 1.29 is 19.1 Å². The van der Waals surface area contributed by atoms with E-state index in [-0.39, 0.29) is 12.0 Å². The molecule has 2 amide bonds. The first-order valence-corrected chi connectivity index (χ1v) is 8.55. The van der Waals surface area contributed by atoms with Gasteiger partial charge >= 0.3 is 6.09 Å². The van der Waals surface area contributed by atoms with Crippen LogP contribution in [0.4, 0.5) is 10.5 Å². The van der Waals surface area contributed by atoms with Gasteiger partial charge in [-0.3, -0.25) is 15.0 Å². The lowest BCUT2D eigenvalue weighted by Gasteiger charge is -2.34. The number of carbonyl (C=O) groups is 2. The van der Waals surface area contributed by atoms with E-state index in [2.05, 4.69) is 34.1 Å². The van der Waals surface area contributed by atoms with E-state index in [1.807, 2.05) is 0 Å². The Morgan fingerprint density at radius 2 is 2.12 bits per heavy atom. The van der Waals surface area contributed by atoms with Crippen molar-refractivity contribution in [3.63, 3.8) is 0 Å². The van der Waals surface area contributed by atoms with Crippen LogP contribution in [0.2, 0.25) is 0 Å². The van der Waals surface area contributed by atoms with E-state index in [0.717, 1.165) is 19.6 Å². The van der Waals surface area contributed by atoms with Crippen LogP contribution in [0.5, 0.6) is 0 Å². The molecule has 2 rings (SSSR count). The van der Waals surface area contributed by atoms with E-state index in [4.69, 9.17) is 4.74 Å². The highest BCUT2D eigenvalue weighted by atomic mass is 16.5. The van der Waals surface area contributed by atoms with Crippen LogP contribution in [-0.4, -0.2) is 62.9 Å². The highest BCUT2D eigenvalue weighted by Gasteiger charge is 2.22. The first-order valence-electron chi connectivity index (χ1n) is 8.55. The second-order valence-electron chi connectivity index (χ2n) is 6.52. The van der Waals surface area contributed by atoms with E-state index in [1.165, 1.54) is 7.11 Å². The van der Waals surface area contributed by atoms with Crippen molar-refractivity contribution in [3.05, 3.63) is 29.8 Å². The Morgan fingerprint density at radius 3 is 2.84 bits per heavy atom. The predicted octanol–water partition coefficient (Wildman–Crippen LogP) is 1.95. The summed E-state index contributed by atoms with van der Waals surface area (Å²) in [4.78, 5) is 26.2. The molecule has 2 N–H and O–H groups in total. The predicted molar refractivity (Wildman–Crippen MR) is 95.8 cm³/mol. The number of benzene rings is 1. The highest BCUT2D eigenvalue weighted by Crippen LogP contribution is 2.15. The Kier molecular flexibility index (Phi) is 7.21. The van der Waals surface area contributed by atoms with Crippen molar-refractivity contribution in [1.29, 1.82) is 0 Å². The number of anilines is 1. The largest absolute Gasteiger partial charge is 0.453 e. The van der Waals surface area contributed by atoms with Gasteiger partial charge in [0.05, 0.1) is 31.1 Å². The van der Waals surface area contributed by atoms with Crippen LogP contribution in [0, 0.1) is 5.92 Å². The number of methoxy groups -OCH3 is 1. The average Bonchev–Trinajstić information content (AvgIpc) is 2.60. The third kappa shape index (κ3) is 6.03. The van der Waals surface area contributed by atoms with Gasteiger partial charge in [0, 0.05) is 26.2 Å². The van der Waals surface area contributed by atoms with Crippen LogP contribution in [0.25, 0.3) is 0 Å². The van der Waals surface area contributed by atoms with Crippen molar-refractivity contribution in [2.24, 2.45) is 5.92 Å². The number of para-hydroxylation sites is 1. The molecule has 0 spiro atoms. The number of carbonyl (C=O) groups excluding carboxylic acids is 2. The summed E-state index contributed by atoms with van der Waals surface area (Å²) in [5.74, 6) is 0.348. The van der Waals surface area contributed by atoms with Gasteiger partial charge in [0.1, 0.15) is 0 Å². The van der Waals surface area contributed by atoms with E-state index in [1.54, 1.807) is 24.3 Å². The zero-order chi connectivity index (χ0) is 18.2. The zero-order valence-corrected chi connectivity index (χ0v) is 15.1. The number of hydrogen-bond donors (Lipinski definition) is 2. The molecule has 0 unspecified atom stereocenters. The zero-order valence-electron chi connectivity index (χ0n) is 15.1. The minimum absolute atomic E-state index is 0.0304. The molecule has 1 aromatic carbocycles. The summed E-state index contributed by atoms with van der Waals surface area (Å²) in [5.41, 5.74) is 0.806. The van der Waals surface area contributed by atoms with Crippen LogP contribution < -0.4 is 10.6 Å². The van der Waals surface area contributed by atoms with Gasteiger partial charge in [0.25, 0.3) is 5.91 Å². The number of rotatable bonds is 6. The standard InChI is InChI=1S/C18H27N3O4/c1-13(2)11-21-8-9-25-14(12-21)10-19-17(22)15-6-4-5-7-16(15)20-18(23)24-3/h4-7,13-14H,8-12H2,1-3H3,(H,19,22)(H,20,23)/t14-/m1/s1. The summed E-state index contributed by atoms with van der Waals surface area (Å²) in [6.45, 7) is 8.25. The van der Waals surface area contributed by atoms with Crippen molar-refractivity contribution >= 4 is 17.7 Å². The Bertz CT molecular complexity index is 591. The Hall–Kier alpha value is -2.12. The first kappa shape index (κ1) is 19.2. The number of nitrogens with one attached hydrogen (secondary N) is 2. The Morgan fingerprint density at radius 1 is 1.36 bits per heavy atom. The summed E-state index contributed by atoms with van der Waals surface area (Å²) in [7, 11) is 1.28. The van der Waals surface area contributed by atoms with Crippen molar-refractivity contribution in [2.45, 2.75) is 20.0 Å². The van der Waals surface area contributed by atoms with Gasteiger partial charge in [-0.15, -0.1) is 0 Å². The van der Waals surface area contributed by atoms with Gasteiger partial charge < -0.3 is 14.8 Å². The lowest BCUT2D eigenvalue weighted by atomic mass is 10.1. The molecule has 25 heavy (non-hydrogen) atoms. The fraction of sp³-hybridized carbons (Fsp3) is 0.556. The Labute approximate surface area is 148 Å². The van der Waals surface area contributed by atoms with Crippen LogP contribution in [0.15, 0.2) is 24.3 Å². The highest BCUT2D eigenvalue weighted by molar-refractivity contribution is 6.02. The molecule has 7 heteroatoms. The number of nitrogens with zero attached hydrogens (tertiary/aromatic N) is 1. The molecule has 1 aliphatic rings. The molecule has 1 aromatic rings. The summed E-state index contributed by atoms with van der Waals surface area (Å²) < 4.78 is 10.3. The topological polar surface area (TPSA) is 79.9 Å². The molecule has 7 nitrogen and oxygen atoms in total. The van der Waals surface area contributed by atoms with Crippen molar-refractivity contribution in [1.82, 2.24) is 10.2 Å². The molecule has 0 radical (unpaired) electrons. The molecule has 1 heterocycles. The van der Waals surface area contributed by atoms with Crippen LogP contribution in [-0.2, 0) is 9.47 Å². The second kappa shape index (κ2) is 9.39. The summed E-state index contributed by atoms with van der Waals surface area (Å²) in [5, 5.41) is 5.44. The fourth-order valence-corrected chi connectivity index (χ4v) is 2.84. The molecule has 1 atom stereocenters. The molecule has 138 valence electrons. The van der Waals surface area contributed by atoms with Gasteiger partial charge in [-0.1, -0.05) is 26.0 Å². The number of morpholine rings is 1. The second-order valence-corrected chi connectivity index (χ2v) is 6.52. The maximum Gasteiger partial charge on any atom is 0.411 e. The maximum atomic E-state index is 12.5. The van der Waals surface area contributed by atoms with Crippen molar-refractivity contribution in [3.8, 4) is 0 Å². The van der Waals surface area contributed by atoms with Crippen LogP contribution in [0.3, 0.4) is 0 Å².